The molecule has 0 unspecified atom stereocenters. The fourth-order valence-corrected chi connectivity index (χ4v) is 7.37. The summed E-state index contributed by atoms with van der Waals surface area (Å²) in [6, 6.07) is 15.3. The highest BCUT2D eigenvalue weighted by Gasteiger charge is 2.19. The molecule has 0 aromatic heterocycles. The van der Waals surface area contributed by atoms with Gasteiger partial charge in [0.15, 0.2) is 9.84 Å². The Morgan fingerprint density at radius 1 is 0.702 bits per heavy atom. The smallest absolute Gasteiger partial charge is 0.175 e. The number of benzene rings is 2. The molecule has 12 nitrogen and oxygen atoms in total. The van der Waals surface area contributed by atoms with Crippen molar-refractivity contribution in [2.24, 2.45) is 16.8 Å². The van der Waals surface area contributed by atoms with Crippen molar-refractivity contribution in [1.29, 1.82) is 16.2 Å². The van der Waals surface area contributed by atoms with Crippen molar-refractivity contribution < 1.29 is 18.6 Å². The second-order valence-corrected chi connectivity index (χ2v) is 17.7. The number of aryl methyl sites for hydroxylation is 3. The number of hydrogen-bond acceptors (Lipinski definition) is 9. The van der Waals surface area contributed by atoms with Crippen LogP contribution in [0, 0.1) is 48.8 Å². The van der Waals surface area contributed by atoms with Crippen LogP contribution in [-0.4, -0.2) is 129 Å². The maximum atomic E-state index is 11.1. The van der Waals surface area contributed by atoms with Gasteiger partial charge in [0.25, 0.3) is 0 Å². The lowest BCUT2D eigenvalue weighted by Gasteiger charge is -2.31. The number of hydrogen-bond donors (Lipinski definition) is 4. The van der Waals surface area contributed by atoms with Crippen molar-refractivity contribution >= 4 is 33.2 Å². The molecular weight excluding hydrogens is 737 g/mol. The molecule has 3 fully saturated rings. The maximum Gasteiger partial charge on any atom is 0.175 e. The van der Waals surface area contributed by atoms with Crippen LogP contribution in [0.1, 0.15) is 96.3 Å². The summed E-state index contributed by atoms with van der Waals surface area (Å²) < 4.78 is 22.1. The summed E-state index contributed by atoms with van der Waals surface area (Å²) in [5, 5.41) is 30.3. The number of amidine groups is 4. The molecule has 2 aromatic rings. The zero-order valence-electron chi connectivity index (χ0n) is 36.9. The van der Waals surface area contributed by atoms with E-state index in [0.29, 0.717) is 23.3 Å². The van der Waals surface area contributed by atoms with E-state index in [1.54, 1.807) is 25.1 Å². The molecule has 57 heavy (non-hydrogen) atoms. The Balaban J connectivity index is 0.000000345. The summed E-state index contributed by atoms with van der Waals surface area (Å²) in [4.78, 5) is 17.2. The molecule has 4 heterocycles. The number of nitrogens with zero attached hydrogens (tertiary/aromatic N) is 5. The van der Waals surface area contributed by atoms with Crippen LogP contribution in [-0.2, 0) is 14.7 Å². The second kappa shape index (κ2) is 27.8. The van der Waals surface area contributed by atoms with Crippen LogP contribution >= 0.6 is 0 Å². The summed E-state index contributed by atoms with van der Waals surface area (Å²) in [6.07, 6.45) is 9.66. The predicted molar refractivity (Wildman–Crippen MR) is 239 cm³/mol. The highest BCUT2D eigenvalue weighted by Crippen LogP contribution is 2.18. The Labute approximate surface area is 346 Å². The lowest BCUT2D eigenvalue weighted by Crippen LogP contribution is -2.37. The maximum absolute atomic E-state index is 11.1. The van der Waals surface area contributed by atoms with Gasteiger partial charge in [-0.05, 0) is 128 Å². The molecule has 0 radical (unpaired) electrons. The number of nitrogens with one attached hydrogen (secondary N) is 3. The highest BCUT2D eigenvalue weighted by atomic mass is 32.2. The Morgan fingerprint density at radius 3 is 1.42 bits per heavy atom. The third-order valence-corrected chi connectivity index (χ3v) is 12.0. The van der Waals surface area contributed by atoms with Gasteiger partial charge in [-0.1, -0.05) is 49.4 Å². The molecule has 4 aliphatic heterocycles. The number of aliphatic imine (C=N–C) groups is 1. The number of rotatable bonds is 3. The third-order valence-electron chi connectivity index (χ3n) is 10.7. The SMILES string of the molecule is CC(=N)N1CCC(C)CC1.CC(=N)N1CCC(COO)CC1.CC(=N)N1CCCCC1.CC1=NCCN1C.Cc1ccccc1C.Cc1ccccc1S(C)(=O)=O. The zero-order chi connectivity index (χ0) is 43.0. The van der Waals surface area contributed by atoms with Crippen molar-refractivity contribution in [1.82, 2.24) is 19.6 Å². The molecule has 0 atom stereocenters. The molecule has 0 amide bonds. The molecule has 13 heteroatoms. The molecule has 0 spiro atoms. The monoisotopic (exact) mass is 813 g/mol. The molecule has 6 rings (SSSR count). The van der Waals surface area contributed by atoms with Gasteiger partial charge in [0, 0.05) is 59.1 Å². The molecular formula is C44H76N8O4S. The molecule has 0 saturated carbocycles. The minimum Gasteiger partial charge on any atom is -0.362 e. The first kappa shape index (κ1) is 51.2. The highest BCUT2D eigenvalue weighted by molar-refractivity contribution is 7.90. The van der Waals surface area contributed by atoms with Crippen molar-refractivity contribution in [2.45, 2.75) is 105 Å². The topological polar surface area (TPSA) is 160 Å². The standard InChI is InChI=1S/C8H16N2O2.C8H16N2.C8H10O2S.C8H10.C7H14N2.C5H10N2/c1-7(9)10-4-2-8(3-5-10)6-12-11;1-7-3-5-10(6-4-7)8(2)9;1-7-5-3-4-6-8(7)11(2,9)10;1-7-5-3-4-6-8(7)2;1-7(8)9-5-3-2-4-6-9;1-5-6-3-4-7(5)2/h8-9,11H,2-6H2,1H3;7,9H,3-6H2,1-2H3;3-6H,1-2H3;3-6H,1-2H3;8H,2-6H2,1H3;3-4H2,1-2H3. The van der Waals surface area contributed by atoms with E-state index >= 15 is 0 Å². The van der Waals surface area contributed by atoms with E-state index in [1.165, 1.54) is 55.3 Å². The van der Waals surface area contributed by atoms with E-state index < -0.39 is 9.84 Å². The number of piperidine rings is 3. The van der Waals surface area contributed by atoms with Gasteiger partial charge in [0.1, 0.15) is 0 Å². The Morgan fingerprint density at radius 2 is 1.12 bits per heavy atom. The van der Waals surface area contributed by atoms with Gasteiger partial charge in [-0.15, -0.1) is 0 Å². The van der Waals surface area contributed by atoms with Crippen molar-refractivity contribution in [3.8, 4) is 0 Å². The van der Waals surface area contributed by atoms with E-state index in [-0.39, 0.29) is 0 Å². The number of sulfone groups is 1. The number of likely N-dealkylation sites (N-methyl/N-ethyl adjacent to an activating group) is 1. The van der Waals surface area contributed by atoms with Crippen LogP contribution in [0.15, 0.2) is 58.4 Å². The first-order valence-electron chi connectivity index (χ1n) is 20.5. The molecule has 3 saturated heterocycles. The van der Waals surface area contributed by atoms with Crippen molar-refractivity contribution in [2.75, 3.05) is 72.3 Å². The molecule has 4 N–H and O–H groups in total. The average molecular weight is 813 g/mol. The zero-order valence-corrected chi connectivity index (χ0v) is 37.7. The van der Waals surface area contributed by atoms with Gasteiger partial charge in [0.2, 0.25) is 0 Å². The minimum atomic E-state index is -3.03. The summed E-state index contributed by atoms with van der Waals surface area (Å²) in [5.41, 5.74) is 3.54. The van der Waals surface area contributed by atoms with Gasteiger partial charge in [0.05, 0.1) is 41.4 Å². The molecule has 322 valence electrons. The van der Waals surface area contributed by atoms with Crippen LogP contribution in [0.2, 0.25) is 0 Å². The van der Waals surface area contributed by atoms with E-state index in [9.17, 15) is 8.42 Å². The predicted octanol–water partition coefficient (Wildman–Crippen LogP) is 8.42. The van der Waals surface area contributed by atoms with Gasteiger partial charge in [-0.2, -0.15) is 0 Å². The summed E-state index contributed by atoms with van der Waals surface area (Å²) in [7, 11) is -0.972. The van der Waals surface area contributed by atoms with Crippen LogP contribution in [0.5, 0.6) is 0 Å². The van der Waals surface area contributed by atoms with Gasteiger partial charge >= 0.3 is 0 Å². The van der Waals surface area contributed by atoms with Crippen LogP contribution in [0.3, 0.4) is 0 Å². The van der Waals surface area contributed by atoms with Gasteiger partial charge in [-0.25, -0.2) is 13.3 Å². The van der Waals surface area contributed by atoms with Gasteiger partial charge < -0.3 is 19.6 Å². The normalized spacial score (nSPS) is 17.0. The van der Waals surface area contributed by atoms with Crippen LogP contribution in [0.25, 0.3) is 0 Å². The second-order valence-electron chi connectivity index (χ2n) is 15.7. The molecule has 0 aliphatic carbocycles. The fraction of sp³-hybridized carbons (Fsp3) is 0.636. The number of likely N-dealkylation sites (tertiary alicyclic amines) is 3. The summed E-state index contributed by atoms with van der Waals surface area (Å²) >= 11 is 0. The molecule has 2 aromatic carbocycles. The van der Waals surface area contributed by atoms with E-state index in [2.05, 4.69) is 76.7 Å². The lowest BCUT2D eigenvalue weighted by molar-refractivity contribution is -0.252. The van der Waals surface area contributed by atoms with E-state index in [4.69, 9.17) is 21.5 Å². The van der Waals surface area contributed by atoms with E-state index in [1.807, 2.05) is 38.7 Å². The first-order chi connectivity index (χ1) is 26.9. The Bertz CT molecular complexity index is 1590. The summed E-state index contributed by atoms with van der Waals surface area (Å²) in [5.74, 6) is 4.60. The first-order valence-corrected chi connectivity index (χ1v) is 22.4. The van der Waals surface area contributed by atoms with Crippen molar-refractivity contribution in [3.63, 3.8) is 0 Å². The van der Waals surface area contributed by atoms with Crippen molar-refractivity contribution in [3.05, 3.63) is 65.2 Å². The molecule has 4 aliphatic rings. The van der Waals surface area contributed by atoms with E-state index in [0.717, 1.165) is 88.4 Å². The minimum absolute atomic E-state index is 0.417. The average Bonchev–Trinajstić information content (AvgIpc) is 3.56. The largest absolute Gasteiger partial charge is 0.362 e. The Hall–Kier alpha value is -3.81. The fourth-order valence-electron chi connectivity index (χ4n) is 6.39. The Kier molecular flexibility index (Phi) is 24.9. The molecule has 0 bridgehead atoms. The van der Waals surface area contributed by atoms with Crippen LogP contribution < -0.4 is 0 Å². The third kappa shape index (κ3) is 22.1. The quantitative estimate of drug-likeness (QED) is 0.104. The van der Waals surface area contributed by atoms with Gasteiger partial charge in [-0.3, -0.25) is 26.5 Å². The van der Waals surface area contributed by atoms with Crippen LogP contribution in [0.4, 0.5) is 0 Å². The summed E-state index contributed by atoms with van der Waals surface area (Å²) in [6.45, 7) is 24.7. The lowest BCUT2D eigenvalue weighted by atomic mass is 9.98.